The smallest absolute Gasteiger partial charge is 0.119 e. The summed E-state index contributed by atoms with van der Waals surface area (Å²) >= 11 is 0. The van der Waals surface area contributed by atoms with Gasteiger partial charge in [0.05, 0.1) is 76.8 Å². The lowest BCUT2D eigenvalue weighted by Gasteiger charge is -2.11. The van der Waals surface area contributed by atoms with Crippen LogP contribution in [-0.2, 0) is 33.2 Å². The molecule has 1 aromatic carbocycles. The van der Waals surface area contributed by atoms with Crippen molar-refractivity contribution in [3.05, 3.63) is 30.3 Å². The zero-order valence-electron chi connectivity index (χ0n) is 35.2. The lowest BCUT2D eigenvalue weighted by atomic mass is 10.2. The molecule has 1 N–H and O–H groups in total. The van der Waals surface area contributed by atoms with Crippen LogP contribution in [0.25, 0.3) is 0 Å². The highest BCUT2D eigenvalue weighted by atomic mass is 16.5. The first kappa shape index (κ1) is 55.5. The Morgan fingerprint density at radius 2 is 0.900 bits per heavy atom. The minimum absolute atomic E-state index is 0.129. The molecule has 50 heavy (non-hydrogen) atoms. The summed E-state index contributed by atoms with van der Waals surface area (Å²) < 4.78 is 42.1. The maximum atomic E-state index is 8.29. The van der Waals surface area contributed by atoms with Gasteiger partial charge in [-0.15, -0.1) is 0 Å². The van der Waals surface area contributed by atoms with Crippen LogP contribution in [0.3, 0.4) is 0 Å². The van der Waals surface area contributed by atoms with Crippen LogP contribution >= 0.6 is 0 Å². The summed E-state index contributed by atoms with van der Waals surface area (Å²) in [5.41, 5.74) is 0. The molecule has 9 nitrogen and oxygen atoms in total. The third-order valence-corrected chi connectivity index (χ3v) is 7.10. The van der Waals surface area contributed by atoms with Gasteiger partial charge in [-0.2, -0.15) is 0 Å². The Labute approximate surface area is 310 Å². The number of rotatable bonds is 25. The highest BCUT2D eigenvalue weighted by Crippen LogP contribution is 2.08. The summed E-state index contributed by atoms with van der Waals surface area (Å²) in [6.07, 6.45) is 7.14. The Balaban J connectivity index is -0.000000269. The van der Waals surface area contributed by atoms with E-state index in [0.29, 0.717) is 69.5 Å². The standard InChI is InChI=1S/C12H18O2.C8H18O2.C8H18O.C7H16O2.C6H14O2/c1-3-11(2)13-9-10-14-12-7-5-4-6-8-12;1-4-8(3)10-7-6-9-5-2;1-5-8(4)9-6-7(2)3;1-4-7(2)9-6-5-8-3;1-3-6(2)8-5-4-7/h4-8,11H,3,9-10H2,1-2H3;8H,4-7H2,1-3H3;7-8H,5-6H2,1-4H3;7H,4-6H2,1-3H3;6-7H,3-5H2,1-2H3. The van der Waals surface area contributed by atoms with Crippen LogP contribution in [0, 0.1) is 5.92 Å². The van der Waals surface area contributed by atoms with Gasteiger partial charge in [0.2, 0.25) is 0 Å². The first-order valence-corrected chi connectivity index (χ1v) is 19.3. The van der Waals surface area contributed by atoms with Crippen LogP contribution in [0.4, 0.5) is 0 Å². The SMILES string of the molecule is CCC(C)OCC(C)C.CCC(C)OCCO.CCC(C)OCCOC.CCC(C)OCCOc1ccccc1.CCOCCOC(C)CC. The molecular weight excluding hydrogens is 636 g/mol. The Morgan fingerprint density at radius 1 is 0.500 bits per heavy atom. The predicted molar refractivity (Wildman–Crippen MR) is 211 cm³/mol. The van der Waals surface area contributed by atoms with Crippen LogP contribution in [0.1, 0.15) is 122 Å². The lowest BCUT2D eigenvalue weighted by Crippen LogP contribution is -2.13. The Morgan fingerprint density at radius 3 is 1.28 bits per heavy atom. The molecule has 0 fully saturated rings. The fourth-order valence-corrected chi connectivity index (χ4v) is 2.91. The lowest BCUT2D eigenvalue weighted by molar-refractivity contribution is 0.0142. The largest absolute Gasteiger partial charge is 0.491 e. The van der Waals surface area contributed by atoms with Crippen molar-refractivity contribution in [1.82, 2.24) is 0 Å². The normalized spacial score (nSPS) is 13.4. The quantitative estimate of drug-likeness (QED) is 0.0992. The van der Waals surface area contributed by atoms with Crippen molar-refractivity contribution in [2.75, 3.05) is 73.2 Å². The first-order valence-electron chi connectivity index (χ1n) is 19.3. The van der Waals surface area contributed by atoms with Gasteiger partial charge in [0.1, 0.15) is 12.4 Å². The molecule has 1 rings (SSSR count). The second-order valence-electron chi connectivity index (χ2n) is 12.4. The molecule has 302 valence electrons. The third-order valence-electron chi connectivity index (χ3n) is 7.10. The van der Waals surface area contributed by atoms with Crippen molar-refractivity contribution < 1.29 is 43.0 Å². The summed E-state index contributed by atoms with van der Waals surface area (Å²) in [4.78, 5) is 0. The summed E-state index contributed by atoms with van der Waals surface area (Å²) in [6, 6.07) is 9.80. The van der Waals surface area contributed by atoms with Gasteiger partial charge >= 0.3 is 0 Å². The number of para-hydroxylation sites is 1. The van der Waals surface area contributed by atoms with Crippen LogP contribution in [0.2, 0.25) is 0 Å². The van der Waals surface area contributed by atoms with E-state index in [2.05, 4.69) is 76.2 Å². The first-order chi connectivity index (χ1) is 23.9. The minimum Gasteiger partial charge on any atom is -0.491 e. The molecule has 0 saturated carbocycles. The predicted octanol–water partition coefficient (Wildman–Crippen LogP) is 9.42. The van der Waals surface area contributed by atoms with Gasteiger partial charge in [0.15, 0.2) is 0 Å². The van der Waals surface area contributed by atoms with Crippen molar-refractivity contribution in [2.45, 2.75) is 153 Å². The van der Waals surface area contributed by atoms with Crippen molar-refractivity contribution in [3.63, 3.8) is 0 Å². The second-order valence-corrected chi connectivity index (χ2v) is 12.4. The molecule has 0 heterocycles. The number of hydrogen-bond acceptors (Lipinski definition) is 9. The summed E-state index contributed by atoms with van der Waals surface area (Å²) in [6.45, 7) is 33.6. The molecule has 0 amide bonds. The topological polar surface area (TPSA) is 94.1 Å². The molecule has 5 unspecified atom stereocenters. The minimum atomic E-state index is 0.129. The fraction of sp³-hybridized carbons (Fsp3) is 0.854. The number of ether oxygens (including phenoxy) is 8. The van der Waals surface area contributed by atoms with E-state index in [1.165, 1.54) is 0 Å². The Hall–Kier alpha value is -1.30. The van der Waals surface area contributed by atoms with Crippen molar-refractivity contribution in [3.8, 4) is 5.75 Å². The number of methoxy groups -OCH3 is 1. The molecule has 0 spiro atoms. The highest BCUT2D eigenvalue weighted by Gasteiger charge is 2.00. The van der Waals surface area contributed by atoms with E-state index in [-0.39, 0.29) is 6.61 Å². The number of aliphatic hydroxyl groups excluding tert-OH is 1. The van der Waals surface area contributed by atoms with E-state index < -0.39 is 0 Å². The summed E-state index contributed by atoms with van der Waals surface area (Å²) in [5.74, 6) is 1.57. The number of aliphatic hydroxyl groups is 1. The monoisotopic (exact) mass is 721 g/mol. The Bertz CT molecular complexity index is 709. The van der Waals surface area contributed by atoms with Gasteiger partial charge in [-0.1, -0.05) is 66.7 Å². The van der Waals surface area contributed by atoms with Crippen LogP contribution in [0.15, 0.2) is 30.3 Å². The maximum absolute atomic E-state index is 8.29. The second kappa shape index (κ2) is 45.7. The van der Waals surface area contributed by atoms with E-state index >= 15 is 0 Å². The van der Waals surface area contributed by atoms with Gasteiger partial charge in [0, 0.05) is 20.3 Å². The van der Waals surface area contributed by atoms with Gasteiger partial charge in [-0.05, 0) is 91.7 Å². The van der Waals surface area contributed by atoms with E-state index in [9.17, 15) is 0 Å². The molecule has 5 atom stereocenters. The molecule has 0 aromatic heterocycles. The number of hydrogen-bond donors (Lipinski definition) is 1. The van der Waals surface area contributed by atoms with E-state index in [1.54, 1.807) is 7.11 Å². The van der Waals surface area contributed by atoms with Crippen molar-refractivity contribution >= 4 is 0 Å². The molecule has 1 aromatic rings. The molecule has 0 bridgehead atoms. The zero-order chi connectivity index (χ0) is 38.8. The molecular formula is C41H84O9. The molecule has 0 aliphatic carbocycles. The van der Waals surface area contributed by atoms with Crippen molar-refractivity contribution in [1.29, 1.82) is 0 Å². The molecule has 0 radical (unpaired) electrons. The highest BCUT2D eigenvalue weighted by molar-refractivity contribution is 5.20. The van der Waals surface area contributed by atoms with Crippen LogP contribution in [-0.4, -0.2) is 109 Å². The average molecular weight is 721 g/mol. The molecule has 9 heteroatoms. The fourth-order valence-electron chi connectivity index (χ4n) is 2.91. The zero-order valence-corrected chi connectivity index (χ0v) is 35.2. The Kier molecular flexibility index (Phi) is 50.7. The summed E-state index contributed by atoms with van der Waals surface area (Å²) in [5, 5.41) is 8.29. The van der Waals surface area contributed by atoms with Crippen molar-refractivity contribution in [2.24, 2.45) is 5.92 Å². The summed E-state index contributed by atoms with van der Waals surface area (Å²) in [7, 11) is 1.68. The van der Waals surface area contributed by atoms with E-state index in [0.717, 1.165) is 64.3 Å². The van der Waals surface area contributed by atoms with E-state index in [1.807, 2.05) is 44.2 Å². The van der Waals surface area contributed by atoms with Gasteiger partial charge in [-0.25, -0.2) is 0 Å². The van der Waals surface area contributed by atoms with Gasteiger partial charge in [-0.3, -0.25) is 0 Å². The van der Waals surface area contributed by atoms with Crippen LogP contribution in [0.5, 0.6) is 5.75 Å². The number of benzene rings is 1. The van der Waals surface area contributed by atoms with Gasteiger partial charge in [0.25, 0.3) is 0 Å². The molecule has 0 aliphatic heterocycles. The van der Waals surface area contributed by atoms with Crippen LogP contribution < -0.4 is 4.74 Å². The van der Waals surface area contributed by atoms with E-state index in [4.69, 9.17) is 43.0 Å². The average Bonchev–Trinajstić information content (AvgIpc) is 3.14. The third kappa shape index (κ3) is 51.1. The molecule has 0 aliphatic rings. The maximum Gasteiger partial charge on any atom is 0.119 e. The molecule has 0 saturated heterocycles. The van der Waals surface area contributed by atoms with Gasteiger partial charge < -0.3 is 43.0 Å².